The molecule has 0 aliphatic heterocycles. The Labute approximate surface area is 177 Å². The number of halogens is 4. The van der Waals surface area contributed by atoms with E-state index in [1.807, 2.05) is 0 Å². The molecule has 1 radical (unpaired) electrons. The maximum absolute atomic E-state index is 7.50. The first-order valence-corrected chi connectivity index (χ1v) is 14.4. The third-order valence-electron chi connectivity index (χ3n) is 3.38. The van der Waals surface area contributed by atoms with Gasteiger partial charge in [-0.1, -0.05) is 0 Å². The maximum atomic E-state index is 7.50. The van der Waals surface area contributed by atoms with E-state index >= 15 is 0 Å². The summed E-state index contributed by atoms with van der Waals surface area (Å²) in [5.41, 5.74) is 8.73. The molecule has 0 saturated heterocycles. The average Bonchev–Trinajstić information content (AvgIpc) is 2.53. The van der Waals surface area contributed by atoms with Crippen LogP contribution in [0.15, 0.2) is 0 Å². The molecule has 0 fully saturated rings. The van der Waals surface area contributed by atoms with Crippen LogP contribution in [0.1, 0.15) is 33.4 Å². The number of hydrogen-bond donors (Lipinski definition) is 0. The number of hydrogen-bond acceptors (Lipinski definition) is 0. The molecule has 0 atom stereocenters. The Morgan fingerprint density at radius 3 is 0.667 bits per heavy atom. The molecular formula is C15H18AlBrCl3MnO3-. The summed E-state index contributed by atoms with van der Waals surface area (Å²) in [6.07, 6.45) is 0. The van der Waals surface area contributed by atoms with Crippen LogP contribution in [0, 0.1) is 61.5 Å². The molecule has 1 aromatic carbocycles. The molecule has 0 aliphatic carbocycles. The van der Waals surface area contributed by atoms with Gasteiger partial charge < -0.3 is 44.2 Å². The van der Waals surface area contributed by atoms with E-state index in [1.54, 1.807) is 0 Å². The number of rotatable bonds is 0. The molecular weight excluding hydrogens is 496 g/mol. The topological polar surface area (TPSA) is 59.7 Å². The second-order valence-corrected chi connectivity index (χ2v) is 22.0. The number of benzene rings is 1. The van der Waals surface area contributed by atoms with Crippen molar-refractivity contribution in [3.05, 3.63) is 53.3 Å². The summed E-state index contributed by atoms with van der Waals surface area (Å²) in [7, 11) is 12.8. The second kappa shape index (κ2) is 20.2. The normalized spacial score (nSPS) is 8.00. The van der Waals surface area contributed by atoms with Gasteiger partial charge in [-0.2, -0.15) is 0 Å². The van der Waals surface area contributed by atoms with Crippen molar-refractivity contribution in [1.82, 2.24) is 0 Å². The molecule has 9 heteroatoms. The summed E-state index contributed by atoms with van der Waals surface area (Å²) < 4.78 is 22.5. The van der Waals surface area contributed by atoms with Crippen molar-refractivity contribution in [3.63, 3.8) is 0 Å². The Kier molecular flexibility index (Phi) is 30.1. The van der Waals surface area contributed by atoms with E-state index in [9.17, 15) is 0 Å². The van der Waals surface area contributed by atoms with E-state index in [-0.39, 0.29) is 17.1 Å². The fraction of sp³-hybridized carbons (Fsp3) is 0.400. The van der Waals surface area contributed by atoms with Crippen molar-refractivity contribution in [1.29, 1.82) is 0 Å². The van der Waals surface area contributed by atoms with Gasteiger partial charge in [0.05, 0.1) is 0 Å². The van der Waals surface area contributed by atoms with Gasteiger partial charge in [0.1, 0.15) is 0 Å². The van der Waals surface area contributed by atoms with E-state index in [0.717, 1.165) is 0 Å². The smallest absolute Gasteiger partial charge is 0.396 e. The first-order valence-electron chi connectivity index (χ1n) is 5.99. The van der Waals surface area contributed by atoms with Crippen molar-refractivity contribution in [2.75, 3.05) is 0 Å². The van der Waals surface area contributed by atoms with Gasteiger partial charge in [0.15, 0.2) is 0 Å². The summed E-state index contributed by atoms with van der Waals surface area (Å²) >= 11 is 2.84. The van der Waals surface area contributed by atoms with Crippen LogP contribution in [0.4, 0.5) is 0 Å². The first-order chi connectivity index (χ1) is 10.5. The zero-order valence-electron chi connectivity index (χ0n) is 14.2. The van der Waals surface area contributed by atoms with Crippen LogP contribution in [0.2, 0.25) is 0 Å². The predicted octanol–water partition coefficient (Wildman–Crippen LogP) is 5.96. The summed E-state index contributed by atoms with van der Waals surface area (Å²) in [6.45, 7) is 26.8. The van der Waals surface area contributed by atoms with E-state index in [0.29, 0.717) is 0 Å². The van der Waals surface area contributed by atoms with Crippen molar-refractivity contribution in [3.8, 4) is 0 Å². The SMILES string of the molecule is Cc1c(C)c(C)c(C)c(C)c1C.[C-]#[O+].[C-]#[O+].[C-]#[O+].[Cl][Al-]([Cl])([Cl])[Br].[Mn]. The summed E-state index contributed by atoms with van der Waals surface area (Å²) in [4.78, 5) is 0. The molecule has 0 saturated carbocycles. The Morgan fingerprint density at radius 2 is 0.625 bits per heavy atom. The molecule has 0 aromatic heterocycles. The maximum Gasteiger partial charge on any atom is 0.534 e. The molecule has 1 rings (SSSR count). The zero-order valence-corrected chi connectivity index (χ0v) is 20.4. The predicted molar refractivity (Wildman–Crippen MR) is 98.9 cm³/mol. The second-order valence-electron chi connectivity index (χ2n) is 4.24. The molecule has 0 spiro atoms. The molecule has 3 nitrogen and oxygen atoms in total. The zero-order chi connectivity index (χ0) is 20.0. The summed E-state index contributed by atoms with van der Waals surface area (Å²) in [6, 6.07) is 0. The largest absolute Gasteiger partial charge is 0.534 e. The Morgan fingerprint density at radius 1 is 0.583 bits per heavy atom. The van der Waals surface area contributed by atoms with Crippen LogP contribution in [0.5, 0.6) is 0 Å². The van der Waals surface area contributed by atoms with Gasteiger partial charge in [-0.05, 0) is 74.9 Å². The van der Waals surface area contributed by atoms with Gasteiger partial charge in [0.25, 0.3) is 0 Å². The monoisotopic (exact) mass is 512 g/mol. The van der Waals surface area contributed by atoms with Gasteiger partial charge in [0, 0.05) is 17.1 Å². The Bertz CT molecular complexity index is 416. The molecule has 0 amide bonds. The van der Waals surface area contributed by atoms with E-state index in [1.165, 1.54) is 33.4 Å². The van der Waals surface area contributed by atoms with Crippen LogP contribution in [0.25, 0.3) is 0 Å². The summed E-state index contributed by atoms with van der Waals surface area (Å²) in [5, 5.41) is 0. The van der Waals surface area contributed by atoms with Gasteiger partial charge in [-0.15, -0.1) is 0 Å². The van der Waals surface area contributed by atoms with Crippen LogP contribution in [-0.2, 0) is 31.0 Å². The third kappa shape index (κ3) is 17.7. The molecule has 0 aliphatic rings. The molecule has 1 aromatic rings. The van der Waals surface area contributed by atoms with E-state index in [2.05, 4.69) is 75.5 Å². The minimum Gasteiger partial charge on any atom is -0.396 e. The third-order valence-corrected chi connectivity index (χ3v) is 3.38. The summed E-state index contributed by atoms with van der Waals surface area (Å²) in [5.74, 6) is 0. The Hall–Kier alpha value is 0.842. The Balaban J connectivity index is -0.0000000853. The average molecular weight is 514 g/mol. The molecule has 24 heavy (non-hydrogen) atoms. The van der Waals surface area contributed by atoms with E-state index in [4.69, 9.17) is 44.1 Å². The molecule has 135 valence electrons. The molecule has 0 N–H and O–H groups in total. The van der Waals surface area contributed by atoms with Crippen molar-refractivity contribution in [2.24, 2.45) is 0 Å². The molecule has 0 bridgehead atoms. The van der Waals surface area contributed by atoms with E-state index < -0.39 is 8.49 Å². The van der Waals surface area contributed by atoms with Crippen LogP contribution >= 0.6 is 44.2 Å². The van der Waals surface area contributed by atoms with Crippen LogP contribution in [0.3, 0.4) is 0 Å². The van der Waals surface area contributed by atoms with Gasteiger partial charge in [-0.3, -0.25) is 0 Å². The molecule has 0 unspecified atom stereocenters. The van der Waals surface area contributed by atoms with Crippen molar-refractivity contribution >= 4 is 52.7 Å². The van der Waals surface area contributed by atoms with Gasteiger partial charge >= 0.3 is 42.4 Å². The van der Waals surface area contributed by atoms with Crippen molar-refractivity contribution < 1.29 is 31.0 Å². The standard InChI is InChI=1S/C12H18.3CO.Al.BrH.3ClH.Mn/c1-7-8(2)10(4)12(6)11(5)9(7)3;3*1-2;;;;;;/h1-6H3;;;;;4*1H;/q;;;;+3;;;;;/p-4. The fourth-order valence-electron chi connectivity index (χ4n) is 1.69. The van der Waals surface area contributed by atoms with Gasteiger partial charge in [-0.25, -0.2) is 0 Å². The molecule has 0 heterocycles. The van der Waals surface area contributed by atoms with Crippen LogP contribution in [-0.4, -0.2) is 8.49 Å². The first kappa shape index (κ1) is 35.9. The quantitative estimate of drug-likeness (QED) is 0.233. The minimum absolute atomic E-state index is 0. The minimum atomic E-state index is -2.60. The van der Waals surface area contributed by atoms with Crippen molar-refractivity contribution in [2.45, 2.75) is 41.5 Å². The van der Waals surface area contributed by atoms with Crippen LogP contribution < -0.4 is 0 Å². The fourth-order valence-corrected chi connectivity index (χ4v) is 1.69. The van der Waals surface area contributed by atoms with Gasteiger partial charge in [0.2, 0.25) is 0 Å².